The van der Waals surface area contributed by atoms with Gasteiger partial charge >= 0.3 is 0 Å². The first-order valence-corrected chi connectivity index (χ1v) is 17.8. The first kappa shape index (κ1) is 29.5. The Morgan fingerprint density at radius 1 is 0.373 bits per heavy atom. The standard InChI is InChI=1S/C50H35N/c1-4-15-35(16-5-1)33-40-19-14-24-46-49(40)42-34-39(38-29-27-37(28-30-38)36-17-6-2-7-18-36)31-32-43(42)50(46)44-22-10-12-25-47(44)51(41-20-8-3-9-21-41)48-26-13-11-23-45(48)50/h1-32,34H,33H2. The zero-order valence-electron chi connectivity index (χ0n) is 28.2. The molecule has 240 valence electrons. The summed E-state index contributed by atoms with van der Waals surface area (Å²) in [5, 5.41) is 0. The van der Waals surface area contributed by atoms with Crippen LogP contribution in [-0.4, -0.2) is 0 Å². The molecular formula is C50H35N. The molecule has 0 radical (unpaired) electrons. The van der Waals surface area contributed by atoms with E-state index in [0.717, 1.165) is 12.1 Å². The summed E-state index contributed by atoms with van der Waals surface area (Å²) in [6.45, 7) is 0. The summed E-state index contributed by atoms with van der Waals surface area (Å²) >= 11 is 0. The van der Waals surface area contributed by atoms with Gasteiger partial charge in [0.2, 0.25) is 0 Å². The Bertz CT molecular complexity index is 2490. The van der Waals surface area contributed by atoms with E-state index < -0.39 is 5.41 Å². The number of hydrogen-bond acceptors (Lipinski definition) is 1. The topological polar surface area (TPSA) is 3.24 Å². The molecule has 1 aliphatic heterocycles. The highest BCUT2D eigenvalue weighted by Crippen LogP contribution is 2.64. The smallest absolute Gasteiger partial charge is 0.0754 e. The highest BCUT2D eigenvalue weighted by molar-refractivity contribution is 5.97. The molecule has 10 rings (SSSR count). The minimum atomic E-state index is -0.481. The summed E-state index contributed by atoms with van der Waals surface area (Å²) in [6, 6.07) is 73.7. The van der Waals surface area contributed by atoms with Gasteiger partial charge in [-0.05, 0) is 104 Å². The maximum atomic E-state index is 2.46. The van der Waals surface area contributed by atoms with Crippen molar-refractivity contribution in [3.8, 4) is 33.4 Å². The van der Waals surface area contributed by atoms with E-state index in [9.17, 15) is 0 Å². The van der Waals surface area contributed by atoms with Crippen LogP contribution in [0, 0.1) is 0 Å². The van der Waals surface area contributed by atoms with E-state index in [2.05, 4.69) is 205 Å². The summed E-state index contributed by atoms with van der Waals surface area (Å²) in [6.07, 6.45) is 0.870. The molecule has 0 bridgehead atoms. The number of fused-ring (bicyclic) bond motifs is 9. The highest BCUT2D eigenvalue weighted by atomic mass is 15.2. The lowest BCUT2D eigenvalue weighted by molar-refractivity contribution is 0.752. The predicted octanol–water partition coefficient (Wildman–Crippen LogP) is 12.8. The summed E-state index contributed by atoms with van der Waals surface area (Å²) in [7, 11) is 0. The van der Waals surface area contributed by atoms with Gasteiger partial charge in [0.05, 0.1) is 16.8 Å². The predicted molar refractivity (Wildman–Crippen MR) is 212 cm³/mol. The van der Waals surface area contributed by atoms with Crippen LogP contribution >= 0.6 is 0 Å². The van der Waals surface area contributed by atoms with Crippen LogP contribution in [0.1, 0.15) is 33.4 Å². The van der Waals surface area contributed by atoms with E-state index >= 15 is 0 Å². The number of nitrogens with zero attached hydrogens (tertiary/aromatic N) is 1. The molecule has 1 spiro atoms. The quantitative estimate of drug-likeness (QED) is 0.179. The van der Waals surface area contributed by atoms with Crippen LogP contribution in [0.2, 0.25) is 0 Å². The van der Waals surface area contributed by atoms with Gasteiger partial charge in [0, 0.05) is 5.69 Å². The molecule has 0 saturated carbocycles. The van der Waals surface area contributed by atoms with E-state index in [1.54, 1.807) is 0 Å². The zero-order chi connectivity index (χ0) is 33.8. The Morgan fingerprint density at radius 3 is 1.55 bits per heavy atom. The van der Waals surface area contributed by atoms with Crippen molar-refractivity contribution in [2.24, 2.45) is 0 Å². The van der Waals surface area contributed by atoms with Gasteiger partial charge in [0.25, 0.3) is 0 Å². The van der Waals surface area contributed by atoms with E-state index in [1.165, 1.54) is 78.1 Å². The van der Waals surface area contributed by atoms with Crippen molar-refractivity contribution in [3.63, 3.8) is 0 Å². The van der Waals surface area contributed by atoms with Crippen molar-refractivity contribution < 1.29 is 0 Å². The highest BCUT2D eigenvalue weighted by Gasteiger charge is 2.52. The lowest BCUT2D eigenvalue weighted by Gasteiger charge is -2.45. The van der Waals surface area contributed by atoms with Crippen molar-refractivity contribution in [2.75, 3.05) is 4.90 Å². The molecule has 0 saturated heterocycles. The first-order chi connectivity index (χ1) is 25.3. The normalized spacial score (nSPS) is 13.3. The lowest BCUT2D eigenvalue weighted by atomic mass is 9.64. The van der Waals surface area contributed by atoms with Gasteiger partial charge in [-0.15, -0.1) is 0 Å². The van der Waals surface area contributed by atoms with Gasteiger partial charge in [0.15, 0.2) is 0 Å². The molecule has 51 heavy (non-hydrogen) atoms. The summed E-state index contributed by atoms with van der Waals surface area (Å²) in [5.74, 6) is 0. The molecule has 0 aromatic heterocycles. The Morgan fingerprint density at radius 2 is 0.882 bits per heavy atom. The molecule has 8 aromatic rings. The Labute approximate surface area is 299 Å². The number of rotatable bonds is 5. The van der Waals surface area contributed by atoms with E-state index in [1.807, 2.05) is 0 Å². The van der Waals surface area contributed by atoms with Crippen LogP contribution < -0.4 is 4.90 Å². The average molecular weight is 650 g/mol. The van der Waals surface area contributed by atoms with E-state index in [4.69, 9.17) is 0 Å². The third-order valence-electron chi connectivity index (χ3n) is 10.9. The molecule has 0 unspecified atom stereocenters. The molecule has 0 amide bonds. The molecule has 1 nitrogen and oxygen atoms in total. The van der Waals surface area contributed by atoms with E-state index in [0.29, 0.717) is 0 Å². The summed E-state index contributed by atoms with van der Waals surface area (Å²) in [5.41, 5.74) is 18.7. The fourth-order valence-corrected chi connectivity index (χ4v) is 8.76. The Hall–Kier alpha value is -6.44. The van der Waals surface area contributed by atoms with Gasteiger partial charge in [-0.25, -0.2) is 0 Å². The summed E-state index contributed by atoms with van der Waals surface area (Å²) in [4.78, 5) is 2.45. The summed E-state index contributed by atoms with van der Waals surface area (Å²) < 4.78 is 0. The fourth-order valence-electron chi connectivity index (χ4n) is 8.76. The van der Waals surface area contributed by atoms with Crippen molar-refractivity contribution in [2.45, 2.75) is 11.8 Å². The molecular weight excluding hydrogens is 615 g/mol. The average Bonchev–Trinajstić information content (AvgIpc) is 3.50. The SMILES string of the molecule is c1ccc(Cc2cccc3c2-c2cc(-c4ccc(-c5ccccc5)cc4)ccc2C32c3ccccc3N(c3ccccc3)c3ccccc32)cc1. The van der Waals surface area contributed by atoms with Crippen LogP contribution in [0.25, 0.3) is 33.4 Å². The number of benzene rings is 8. The van der Waals surface area contributed by atoms with Crippen LogP contribution in [-0.2, 0) is 11.8 Å². The van der Waals surface area contributed by atoms with Gasteiger partial charge in [0.1, 0.15) is 0 Å². The Balaban J connectivity index is 1.24. The zero-order valence-corrected chi connectivity index (χ0v) is 28.2. The van der Waals surface area contributed by atoms with Gasteiger partial charge in [-0.1, -0.05) is 170 Å². The molecule has 0 fully saturated rings. The van der Waals surface area contributed by atoms with Crippen LogP contribution in [0.15, 0.2) is 200 Å². The second kappa shape index (κ2) is 11.9. The third kappa shape index (κ3) is 4.55. The number of para-hydroxylation sites is 3. The monoisotopic (exact) mass is 649 g/mol. The molecule has 1 heterocycles. The van der Waals surface area contributed by atoms with Gasteiger partial charge in [-0.2, -0.15) is 0 Å². The maximum Gasteiger partial charge on any atom is 0.0754 e. The largest absolute Gasteiger partial charge is 0.310 e. The molecule has 0 atom stereocenters. The van der Waals surface area contributed by atoms with Crippen LogP contribution in [0.5, 0.6) is 0 Å². The molecule has 1 aliphatic carbocycles. The molecule has 2 aliphatic rings. The van der Waals surface area contributed by atoms with Crippen molar-refractivity contribution in [1.29, 1.82) is 0 Å². The molecule has 0 N–H and O–H groups in total. The minimum Gasteiger partial charge on any atom is -0.310 e. The van der Waals surface area contributed by atoms with E-state index in [-0.39, 0.29) is 0 Å². The third-order valence-corrected chi connectivity index (χ3v) is 10.9. The first-order valence-electron chi connectivity index (χ1n) is 17.8. The molecule has 8 aromatic carbocycles. The second-order valence-corrected chi connectivity index (χ2v) is 13.7. The number of hydrogen-bond donors (Lipinski definition) is 0. The van der Waals surface area contributed by atoms with Crippen LogP contribution in [0.4, 0.5) is 17.1 Å². The van der Waals surface area contributed by atoms with Gasteiger partial charge in [-0.3, -0.25) is 0 Å². The lowest BCUT2D eigenvalue weighted by Crippen LogP contribution is -2.36. The Kier molecular flexibility index (Phi) is 6.85. The fraction of sp³-hybridized carbons (Fsp3) is 0.0400. The van der Waals surface area contributed by atoms with Crippen LogP contribution in [0.3, 0.4) is 0 Å². The number of anilines is 3. The van der Waals surface area contributed by atoms with Gasteiger partial charge < -0.3 is 4.90 Å². The molecule has 1 heteroatoms. The second-order valence-electron chi connectivity index (χ2n) is 13.7. The maximum absolute atomic E-state index is 2.46. The van der Waals surface area contributed by atoms with Crippen molar-refractivity contribution in [1.82, 2.24) is 0 Å². The van der Waals surface area contributed by atoms with Crippen molar-refractivity contribution in [3.05, 3.63) is 234 Å². The van der Waals surface area contributed by atoms with Crippen molar-refractivity contribution >= 4 is 17.1 Å². The minimum absolute atomic E-state index is 0.481.